The fourth-order valence-corrected chi connectivity index (χ4v) is 10.8. The summed E-state index contributed by atoms with van der Waals surface area (Å²) in [4.78, 5) is 0. The molecule has 0 amide bonds. The minimum Gasteiger partial charge on any atom is -0.378 e. The lowest BCUT2D eigenvalue weighted by Gasteiger charge is -2.69. The smallest absolute Gasteiger partial charge is 0.0950 e. The SMILES string of the molecule is CC1C(C)(C)OC(C)(C)[C@@](C)(COC[C@]2(C)OC(C)(C)[C@@](C)(COC[C@]3(C)OC(C)(C)C(C)(C)C(C)(C)C3(C)C)C(C)(C)C2C)C1(C)C. The molecule has 3 rings (SSSR count). The zero-order chi connectivity index (χ0) is 38.0. The molecule has 48 heavy (non-hydrogen) atoms. The number of hydrogen-bond donors (Lipinski definition) is 0. The molecule has 0 aromatic heterocycles. The van der Waals surface area contributed by atoms with E-state index in [1.165, 1.54) is 0 Å². The molecule has 0 bridgehead atoms. The van der Waals surface area contributed by atoms with E-state index in [0.29, 0.717) is 32.3 Å². The molecule has 6 atom stereocenters. The van der Waals surface area contributed by atoms with E-state index in [-0.39, 0.29) is 60.6 Å². The summed E-state index contributed by atoms with van der Waals surface area (Å²) in [6.45, 7) is 58.0. The Morgan fingerprint density at radius 2 is 0.792 bits per heavy atom. The predicted octanol–water partition coefficient (Wildman–Crippen LogP) is 11.2. The topological polar surface area (TPSA) is 46.2 Å². The summed E-state index contributed by atoms with van der Waals surface area (Å²) >= 11 is 0. The van der Waals surface area contributed by atoms with Gasteiger partial charge in [-0.15, -0.1) is 0 Å². The average Bonchev–Trinajstić information content (AvgIpc) is 2.88. The summed E-state index contributed by atoms with van der Waals surface area (Å²) in [5, 5.41) is 0. The molecule has 3 aliphatic heterocycles. The second-order valence-corrected chi connectivity index (χ2v) is 22.4. The Hall–Kier alpha value is -0.200. The highest BCUT2D eigenvalue weighted by molar-refractivity contribution is 5.16. The number of ether oxygens (including phenoxy) is 5. The molecule has 0 spiro atoms. The van der Waals surface area contributed by atoms with Crippen molar-refractivity contribution in [2.45, 2.75) is 200 Å². The van der Waals surface area contributed by atoms with Crippen LogP contribution in [0.1, 0.15) is 166 Å². The van der Waals surface area contributed by atoms with Crippen molar-refractivity contribution < 1.29 is 23.7 Å². The van der Waals surface area contributed by atoms with E-state index in [0.717, 1.165) is 0 Å². The Balaban J connectivity index is 1.83. The van der Waals surface area contributed by atoms with Crippen LogP contribution in [0.25, 0.3) is 0 Å². The third kappa shape index (κ3) is 5.46. The van der Waals surface area contributed by atoms with Crippen LogP contribution in [0.3, 0.4) is 0 Å². The Morgan fingerprint density at radius 3 is 1.25 bits per heavy atom. The molecule has 3 aliphatic rings. The van der Waals surface area contributed by atoms with Crippen molar-refractivity contribution in [2.75, 3.05) is 26.4 Å². The van der Waals surface area contributed by atoms with Crippen molar-refractivity contribution >= 4 is 0 Å². The van der Waals surface area contributed by atoms with Crippen molar-refractivity contribution in [3.63, 3.8) is 0 Å². The number of rotatable bonds is 8. The first-order chi connectivity index (χ1) is 20.8. The molecule has 0 radical (unpaired) electrons. The van der Waals surface area contributed by atoms with Gasteiger partial charge in [0.1, 0.15) is 0 Å². The van der Waals surface area contributed by atoms with Crippen molar-refractivity contribution in [1.29, 1.82) is 0 Å². The second-order valence-electron chi connectivity index (χ2n) is 22.4. The molecule has 3 fully saturated rings. The van der Waals surface area contributed by atoms with Gasteiger partial charge in [-0.1, -0.05) is 96.9 Å². The zero-order valence-electron chi connectivity index (χ0n) is 36.5. The van der Waals surface area contributed by atoms with Crippen molar-refractivity contribution in [2.24, 2.45) is 49.7 Å². The zero-order valence-corrected chi connectivity index (χ0v) is 36.5. The van der Waals surface area contributed by atoms with E-state index in [2.05, 4.69) is 166 Å². The fraction of sp³-hybridized carbons (Fsp3) is 1.00. The van der Waals surface area contributed by atoms with E-state index in [4.69, 9.17) is 23.7 Å². The van der Waals surface area contributed by atoms with Crippen LogP contribution in [0.5, 0.6) is 0 Å². The summed E-state index contributed by atoms with van der Waals surface area (Å²) in [7, 11) is 0. The van der Waals surface area contributed by atoms with Gasteiger partial charge in [0.25, 0.3) is 0 Å². The van der Waals surface area contributed by atoms with Gasteiger partial charge in [0.15, 0.2) is 0 Å². The molecule has 0 N–H and O–H groups in total. The van der Waals surface area contributed by atoms with Crippen molar-refractivity contribution in [3.05, 3.63) is 0 Å². The monoisotopic (exact) mass is 679 g/mol. The van der Waals surface area contributed by atoms with E-state index < -0.39 is 16.8 Å². The van der Waals surface area contributed by atoms with E-state index in [9.17, 15) is 0 Å². The van der Waals surface area contributed by atoms with Crippen molar-refractivity contribution in [1.82, 2.24) is 0 Å². The van der Waals surface area contributed by atoms with Crippen LogP contribution in [0.15, 0.2) is 0 Å². The highest BCUT2D eigenvalue weighted by Crippen LogP contribution is 2.67. The maximum absolute atomic E-state index is 7.24. The Bertz CT molecular complexity index is 1200. The minimum absolute atomic E-state index is 0.0000783. The molecule has 284 valence electrons. The molecule has 5 nitrogen and oxygen atoms in total. The highest BCUT2D eigenvalue weighted by Gasteiger charge is 2.69. The molecule has 0 aromatic carbocycles. The molecular formula is C43H82O5. The first-order valence-corrected chi connectivity index (χ1v) is 19.1. The summed E-state index contributed by atoms with van der Waals surface area (Å²) in [6.07, 6.45) is 0. The minimum atomic E-state index is -0.475. The van der Waals surface area contributed by atoms with Crippen LogP contribution < -0.4 is 0 Å². The second kappa shape index (κ2) is 11.4. The molecule has 5 heteroatoms. The number of hydrogen-bond acceptors (Lipinski definition) is 5. The standard InChI is InChI=1S/C43H82O5/c1-29-31(3,4)41(22,38(17,18)46-33(29,7)8)26-44-25-40(21)30(2)32(5,6)42(23,39(19,20)47-40)27-45-28-43(24)36(13,14)34(9,10)35(11,12)37(15,16)48-43/h29-30H,25-28H2,1-24H3/t29?,30?,40-,41-,42-,43-/m0/s1. The molecule has 0 saturated carbocycles. The van der Waals surface area contributed by atoms with Gasteiger partial charge in [-0.05, 0) is 103 Å². The van der Waals surface area contributed by atoms with Gasteiger partial charge in [0, 0.05) is 16.2 Å². The van der Waals surface area contributed by atoms with Gasteiger partial charge < -0.3 is 23.7 Å². The van der Waals surface area contributed by atoms with Crippen LogP contribution in [0, 0.1) is 49.7 Å². The summed E-state index contributed by atoms with van der Waals surface area (Å²) < 4.78 is 34.8. The van der Waals surface area contributed by atoms with Gasteiger partial charge in [0.05, 0.1) is 60.0 Å². The first-order valence-electron chi connectivity index (χ1n) is 19.1. The summed E-state index contributed by atoms with van der Waals surface area (Å²) in [5.74, 6) is 0.568. The lowest BCUT2D eigenvalue weighted by Crippen LogP contribution is -2.72. The quantitative estimate of drug-likeness (QED) is 0.256. The highest BCUT2D eigenvalue weighted by atomic mass is 16.6. The van der Waals surface area contributed by atoms with E-state index >= 15 is 0 Å². The predicted molar refractivity (Wildman–Crippen MR) is 201 cm³/mol. The maximum Gasteiger partial charge on any atom is 0.0950 e. The van der Waals surface area contributed by atoms with E-state index in [1.807, 2.05) is 0 Å². The van der Waals surface area contributed by atoms with Crippen LogP contribution in [-0.4, -0.2) is 60.0 Å². The fourth-order valence-electron chi connectivity index (χ4n) is 10.8. The summed E-state index contributed by atoms with van der Waals surface area (Å²) in [5.41, 5.74) is -3.02. The largest absolute Gasteiger partial charge is 0.378 e. The maximum atomic E-state index is 7.24. The normalized spacial score (nSPS) is 43.0. The Labute approximate surface area is 299 Å². The molecule has 3 heterocycles. The molecule has 0 aliphatic carbocycles. The summed E-state index contributed by atoms with van der Waals surface area (Å²) in [6, 6.07) is 0. The van der Waals surface area contributed by atoms with Crippen LogP contribution in [0.2, 0.25) is 0 Å². The lowest BCUT2D eigenvalue weighted by atomic mass is 9.44. The van der Waals surface area contributed by atoms with Gasteiger partial charge in [-0.3, -0.25) is 0 Å². The van der Waals surface area contributed by atoms with Crippen LogP contribution in [-0.2, 0) is 23.7 Å². The van der Waals surface area contributed by atoms with E-state index in [1.54, 1.807) is 0 Å². The lowest BCUT2D eigenvalue weighted by molar-refractivity contribution is -0.350. The van der Waals surface area contributed by atoms with Gasteiger partial charge >= 0.3 is 0 Å². The molecular weight excluding hydrogens is 596 g/mol. The third-order valence-corrected chi connectivity index (χ3v) is 18.6. The van der Waals surface area contributed by atoms with Gasteiger partial charge in [0.2, 0.25) is 0 Å². The molecule has 0 aromatic rings. The Morgan fingerprint density at radius 1 is 0.396 bits per heavy atom. The van der Waals surface area contributed by atoms with Crippen LogP contribution in [0.4, 0.5) is 0 Å². The van der Waals surface area contributed by atoms with Gasteiger partial charge in [-0.2, -0.15) is 0 Å². The van der Waals surface area contributed by atoms with Crippen LogP contribution >= 0.6 is 0 Å². The van der Waals surface area contributed by atoms with Gasteiger partial charge in [-0.25, -0.2) is 0 Å². The first kappa shape index (κ1) is 42.2. The van der Waals surface area contributed by atoms with Crippen molar-refractivity contribution in [3.8, 4) is 0 Å². The third-order valence-electron chi connectivity index (χ3n) is 18.6. The molecule has 2 unspecified atom stereocenters. The average molecular weight is 679 g/mol. The Kier molecular flexibility index (Phi) is 10.0. The molecule has 3 saturated heterocycles.